The second-order valence-electron chi connectivity index (χ2n) is 2.30. The predicted molar refractivity (Wildman–Crippen MR) is 49.1 cm³/mol. The number of hydrogen-bond acceptors (Lipinski definition) is 5. The van der Waals surface area contributed by atoms with Gasteiger partial charge in [0.15, 0.2) is 11.6 Å². The molecule has 0 aromatic carbocycles. The Kier molecular flexibility index (Phi) is 2.44. The molecule has 1 amide bonds. The van der Waals surface area contributed by atoms with E-state index in [1.165, 1.54) is 18.3 Å². The number of aromatic nitrogens is 2. The van der Waals surface area contributed by atoms with E-state index in [1.807, 2.05) is 0 Å². The van der Waals surface area contributed by atoms with Crippen LogP contribution in [-0.4, -0.2) is 15.9 Å². The first kappa shape index (κ1) is 8.98. The minimum atomic E-state index is -0.558. The van der Waals surface area contributed by atoms with E-state index in [0.717, 1.165) is 0 Å². The topological polar surface area (TPSA) is 121 Å². The summed E-state index contributed by atoms with van der Waals surface area (Å²) < 4.78 is 0. The smallest absolute Gasteiger partial charge is 0.241 e. The minimum absolute atomic E-state index is 0.131. The fourth-order valence-corrected chi connectivity index (χ4v) is 0.675. The van der Waals surface area contributed by atoms with Crippen molar-refractivity contribution in [3.05, 3.63) is 18.0 Å². The van der Waals surface area contributed by atoms with E-state index in [4.69, 9.17) is 17.2 Å². The maximum Gasteiger partial charge on any atom is 0.241 e. The van der Waals surface area contributed by atoms with Crippen LogP contribution >= 0.6 is 0 Å². The molecule has 1 aromatic rings. The van der Waals surface area contributed by atoms with E-state index < -0.39 is 5.91 Å². The second-order valence-corrected chi connectivity index (χ2v) is 2.30. The highest BCUT2D eigenvalue weighted by molar-refractivity contribution is 5.90. The van der Waals surface area contributed by atoms with E-state index in [2.05, 4.69) is 9.97 Å². The Bertz CT molecular complexity index is 360. The minimum Gasteiger partial charge on any atom is -0.381 e. The number of nitrogens with two attached hydrogens (primary N) is 3. The van der Waals surface area contributed by atoms with Crippen LogP contribution in [0.4, 0.5) is 11.6 Å². The molecule has 1 rings (SSSR count). The van der Waals surface area contributed by atoms with Crippen LogP contribution in [0.1, 0.15) is 5.69 Å². The van der Waals surface area contributed by atoms with E-state index in [-0.39, 0.29) is 11.6 Å². The molecule has 0 unspecified atom stereocenters. The fraction of sp³-hybridized carbons (Fsp3) is 0. The van der Waals surface area contributed by atoms with Crippen molar-refractivity contribution in [3.8, 4) is 0 Å². The lowest BCUT2D eigenvalue weighted by Crippen LogP contribution is -2.06. The van der Waals surface area contributed by atoms with Crippen LogP contribution in [0.5, 0.6) is 0 Å². The number of primary amides is 1. The van der Waals surface area contributed by atoms with Crippen LogP contribution in [-0.2, 0) is 4.79 Å². The van der Waals surface area contributed by atoms with Crippen LogP contribution in [0, 0.1) is 0 Å². The molecule has 0 radical (unpaired) electrons. The number of rotatable bonds is 2. The number of carbonyl (C=O) groups excluding carboxylic acids is 1. The molecule has 6 nitrogen and oxygen atoms in total. The van der Waals surface area contributed by atoms with Gasteiger partial charge in [0.25, 0.3) is 0 Å². The summed E-state index contributed by atoms with van der Waals surface area (Å²) in [5.74, 6) is -0.264. The maximum absolute atomic E-state index is 10.4. The van der Waals surface area contributed by atoms with Crippen molar-refractivity contribution in [3.63, 3.8) is 0 Å². The first-order chi connectivity index (χ1) is 6.09. The Morgan fingerprint density at radius 3 is 2.62 bits per heavy atom. The Balaban J connectivity index is 2.92. The van der Waals surface area contributed by atoms with Crippen molar-refractivity contribution in [1.82, 2.24) is 9.97 Å². The first-order valence-corrected chi connectivity index (χ1v) is 3.45. The molecule has 6 heteroatoms. The number of nitrogens with zero attached hydrogens (tertiary/aromatic N) is 2. The van der Waals surface area contributed by atoms with Gasteiger partial charge in [-0.05, 0) is 6.08 Å². The number of amides is 1. The molecule has 0 atom stereocenters. The molecule has 1 aromatic heterocycles. The lowest BCUT2D eigenvalue weighted by atomic mass is 10.4. The largest absolute Gasteiger partial charge is 0.381 e. The zero-order chi connectivity index (χ0) is 9.84. The Morgan fingerprint density at radius 2 is 2.08 bits per heavy atom. The highest BCUT2D eigenvalue weighted by Gasteiger charge is 1.97. The van der Waals surface area contributed by atoms with Gasteiger partial charge in [0.05, 0.1) is 11.9 Å². The molecule has 0 bridgehead atoms. The maximum atomic E-state index is 10.4. The molecule has 0 fully saturated rings. The molecule has 0 aliphatic rings. The van der Waals surface area contributed by atoms with Crippen molar-refractivity contribution in [2.45, 2.75) is 0 Å². The Morgan fingerprint density at radius 1 is 1.38 bits per heavy atom. The quantitative estimate of drug-likeness (QED) is 0.510. The van der Waals surface area contributed by atoms with E-state index in [1.54, 1.807) is 0 Å². The summed E-state index contributed by atoms with van der Waals surface area (Å²) >= 11 is 0. The van der Waals surface area contributed by atoms with E-state index >= 15 is 0 Å². The molecule has 0 spiro atoms. The summed E-state index contributed by atoms with van der Waals surface area (Å²) in [6.45, 7) is 0. The van der Waals surface area contributed by atoms with Crippen molar-refractivity contribution in [2.24, 2.45) is 5.73 Å². The number of anilines is 2. The molecule has 0 saturated heterocycles. The van der Waals surface area contributed by atoms with Crippen molar-refractivity contribution < 1.29 is 4.79 Å². The van der Waals surface area contributed by atoms with Crippen LogP contribution in [0.15, 0.2) is 12.3 Å². The fourth-order valence-electron chi connectivity index (χ4n) is 0.675. The summed E-state index contributed by atoms with van der Waals surface area (Å²) in [6, 6.07) is 0. The molecule has 13 heavy (non-hydrogen) atoms. The molecule has 68 valence electrons. The number of carbonyl (C=O) groups is 1. The zero-order valence-corrected chi connectivity index (χ0v) is 6.77. The van der Waals surface area contributed by atoms with E-state index in [0.29, 0.717) is 5.69 Å². The molecular weight excluding hydrogens is 170 g/mol. The van der Waals surface area contributed by atoms with Gasteiger partial charge in [0.2, 0.25) is 5.91 Å². The lowest BCUT2D eigenvalue weighted by molar-refractivity contribution is -0.113. The van der Waals surface area contributed by atoms with Gasteiger partial charge >= 0.3 is 0 Å². The van der Waals surface area contributed by atoms with Gasteiger partial charge in [0, 0.05) is 6.08 Å². The first-order valence-electron chi connectivity index (χ1n) is 3.45. The molecule has 6 N–H and O–H groups in total. The summed E-state index contributed by atoms with van der Waals surface area (Å²) in [5.41, 5.74) is 16.0. The van der Waals surface area contributed by atoms with Gasteiger partial charge in [0.1, 0.15) is 0 Å². The van der Waals surface area contributed by atoms with Crippen molar-refractivity contribution in [2.75, 3.05) is 11.5 Å². The van der Waals surface area contributed by atoms with E-state index in [9.17, 15) is 4.79 Å². The Labute approximate surface area is 74.5 Å². The summed E-state index contributed by atoms with van der Waals surface area (Å²) in [5, 5.41) is 0. The van der Waals surface area contributed by atoms with Crippen LogP contribution in [0.3, 0.4) is 0 Å². The highest BCUT2D eigenvalue weighted by atomic mass is 16.1. The van der Waals surface area contributed by atoms with Gasteiger partial charge in [-0.15, -0.1) is 0 Å². The van der Waals surface area contributed by atoms with Gasteiger partial charge in [-0.1, -0.05) is 0 Å². The van der Waals surface area contributed by atoms with Crippen molar-refractivity contribution in [1.29, 1.82) is 0 Å². The molecule has 0 saturated carbocycles. The normalized spacial score (nSPS) is 10.5. The van der Waals surface area contributed by atoms with Gasteiger partial charge < -0.3 is 17.2 Å². The SMILES string of the molecule is NC(=O)C=Cc1cnc(N)c(N)n1. The summed E-state index contributed by atoms with van der Waals surface area (Å²) in [7, 11) is 0. The van der Waals surface area contributed by atoms with Crippen molar-refractivity contribution >= 4 is 23.6 Å². The predicted octanol–water partition coefficient (Wildman–Crippen LogP) is -0.861. The molecule has 1 heterocycles. The van der Waals surface area contributed by atoms with Crippen LogP contribution in [0.25, 0.3) is 6.08 Å². The lowest BCUT2D eigenvalue weighted by Gasteiger charge is -1.97. The third kappa shape index (κ3) is 2.44. The average Bonchev–Trinajstić information content (AvgIpc) is 2.07. The standard InChI is InChI=1S/C7H9N5O/c8-5(13)2-1-4-3-11-6(9)7(10)12-4/h1-3H,(H2,8,13)(H2,9,11)(H2,10,12). The molecule has 0 aliphatic heterocycles. The number of hydrogen-bond donors (Lipinski definition) is 3. The van der Waals surface area contributed by atoms with Crippen LogP contribution < -0.4 is 17.2 Å². The zero-order valence-electron chi connectivity index (χ0n) is 6.77. The molecule has 0 aliphatic carbocycles. The monoisotopic (exact) mass is 179 g/mol. The second kappa shape index (κ2) is 3.53. The Hall–Kier alpha value is -2.11. The number of nitrogen functional groups attached to an aromatic ring is 2. The molecular formula is C7H9N5O. The summed E-state index contributed by atoms with van der Waals surface area (Å²) in [4.78, 5) is 17.9. The van der Waals surface area contributed by atoms with Gasteiger partial charge in [-0.3, -0.25) is 4.79 Å². The third-order valence-electron chi connectivity index (χ3n) is 1.27. The third-order valence-corrected chi connectivity index (χ3v) is 1.27. The highest BCUT2D eigenvalue weighted by Crippen LogP contribution is 2.07. The summed E-state index contributed by atoms with van der Waals surface area (Å²) in [6.07, 6.45) is 3.97. The van der Waals surface area contributed by atoms with Gasteiger partial charge in [-0.2, -0.15) is 0 Å². The van der Waals surface area contributed by atoms with Gasteiger partial charge in [-0.25, -0.2) is 9.97 Å². The van der Waals surface area contributed by atoms with Crippen LogP contribution in [0.2, 0.25) is 0 Å². The average molecular weight is 179 g/mol.